The molecule has 0 unspecified atom stereocenters. The van der Waals surface area contributed by atoms with Crippen LogP contribution in [-0.2, 0) is 0 Å². The minimum absolute atomic E-state index is 0.824. The molecule has 4 aromatic rings. The minimum Gasteiger partial charge on any atom is -0.398 e. The van der Waals surface area contributed by atoms with Crippen molar-refractivity contribution in [3.8, 4) is 22.3 Å². The molecule has 0 aromatic heterocycles. The number of hydrogen-bond acceptors (Lipinski definition) is 1. The first-order valence-corrected chi connectivity index (χ1v) is 7.76. The fourth-order valence-corrected chi connectivity index (χ4v) is 3.08. The minimum atomic E-state index is 0.824. The summed E-state index contributed by atoms with van der Waals surface area (Å²) in [5, 5.41) is 2.30. The molecule has 0 aliphatic carbocycles. The normalized spacial score (nSPS) is 10.8. The van der Waals surface area contributed by atoms with Crippen molar-refractivity contribution in [2.45, 2.75) is 0 Å². The van der Waals surface area contributed by atoms with Gasteiger partial charge in [0.15, 0.2) is 0 Å². The molecular formula is C22H17N. The molecule has 0 atom stereocenters. The van der Waals surface area contributed by atoms with Crippen molar-refractivity contribution in [2.75, 3.05) is 5.73 Å². The molecule has 0 fully saturated rings. The number of benzene rings is 4. The van der Waals surface area contributed by atoms with Crippen molar-refractivity contribution >= 4 is 16.5 Å². The molecule has 4 rings (SSSR count). The Kier molecular flexibility index (Phi) is 3.32. The average Bonchev–Trinajstić information content (AvgIpc) is 2.62. The lowest BCUT2D eigenvalue weighted by atomic mass is 9.95. The Bertz CT molecular complexity index is 949. The fourth-order valence-electron chi connectivity index (χ4n) is 3.08. The van der Waals surface area contributed by atoms with Gasteiger partial charge in [-0.15, -0.1) is 0 Å². The van der Waals surface area contributed by atoms with Crippen molar-refractivity contribution < 1.29 is 0 Å². The number of nitrogen functional groups attached to an aromatic ring is 1. The summed E-state index contributed by atoms with van der Waals surface area (Å²) >= 11 is 0. The van der Waals surface area contributed by atoms with E-state index < -0.39 is 0 Å². The van der Waals surface area contributed by atoms with Crippen LogP contribution in [0.2, 0.25) is 0 Å². The molecule has 110 valence electrons. The van der Waals surface area contributed by atoms with E-state index in [0.29, 0.717) is 0 Å². The lowest BCUT2D eigenvalue weighted by Gasteiger charge is -2.10. The van der Waals surface area contributed by atoms with Crippen LogP contribution in [0.5, 0.6) is 0 Å². The lowest BCUT2D eigenvalue weighted by Crippen LogP contribution is -1.89. The number of hydrogen-bond donors (Lipinski definition) is 1. The summed E-state index contributed by atoms with van der Waals surface area (Å²) in [6, 6.07) is 31.5. The number of rotatable bonds is 2. The van der Waals surface area contributed by atoms with Crippen LogP contribution in [0.15, 0.2) is 91.0 Å². The average molecular weight is 295 g/mol. The smallest absolute Gasteiger partial charge is 0.0400 e. The highest BCUT2D eigenvalue weighted by Crippen LogP contribution is 2.33. The molecule has 0 saturated carbocycles. The Morgan fingerprint density at radius 2 is 1.09 bits per heavy atom. The van der Waals surface area contributed by atoms with Gasteiger partial charge < -0.3 is 5.73 Å². The molecule has 0 spiro atoms. The molecule has 0 radical (unpaired) electrons. The summed E-state index contributed by atoms with van der Waals surface area (Å²) in [6.45, 7) is 0. The summed E-state index contributed by atoms with van der Waals surface area (Å²) in [5.74, 6) is 0. The van der Waals surface area contributed by atoms with Gasteiger partial charge in [-0.2, -0.15) is 0 Å². The van der Waals surface area contributed by atoms with Crippen LogP contribution in [0.3, 0.4) is 0 Å². The zero-order valence-electron chi connectivity index (χ0n) is 12.7. The van der Waals surface area contributed by atoms with E-state index >= 15 is 0 Å². The second-order valence-electron chi connectivity index (χ2n) is 5.69. The quantitative estimate of drug-likeness (QED) is 0.468. The van der Waals surface area contributed by atoms with E-state index in [1.54, 1.807) is 0 Å². The topological polar surface area (TPSA) is 26.0 Å². The first-order chi connectivity index (χ1) is 11.3. The SMILES string of the molecule is Nc1cccc2cccc(-c3ccc(-c4ccccc4)cc3)c12. The van der Waals surface area contributed by atoms with Gasteiger partial charge in [0.25, 0.3) is 0 Å². The van der Waals surface area contributed by atoms with Crippen molar-refractivity contribution in [1.82, 2.24) is 0 Å². The molecule has 1 heteroatoms. The number of fused-ring (bicyclic) bond motifs is 1. The monoisotopic (exact) mass is 295 g/mol. The highest BCUT2D eigenvalue weighted by molar-refractivity contribution is 6.04. The molecule has 1 nitrogen and oxygen atoms in total. The molecule has 4 aromatic carbocycles. The number of anilines is 1. The van der Waals surface area contributed by atoms with E-state index in [4.69, 9.17) is 5.73 Å². The summed E-state index contributed by atoms with van der Waals surface area (Å²) < 4.78 is 0. The van der Waals surface area contributed by atoms with Gasteiger partial charge in [0.05, 0.1) is 0 Å². The Hall–Kier alpha value is -3.06. The van der Waals surface area contributed by atoms with Crippen LogP contribution >= 0.6 is 0 Å². The molecule has 0 aliphatic heterocycles. The first kappa shape index (κ1) is 13.6. The first-order valence-electron chi connectivity index (χ1n) is 7.76. The van der Waals surface area contributed by atoms with Crippen LogP contribution < -0.4 is 5.73 Å². The molecule has 0 saturated heterocycles. The second-order valence-corrected chi connectivity index (χ2v) is 5.69. The molecule has 0 bridgehead atoms. The van der Waals surface area contributed by atoms with E-state index in [1.807, 2.05) is 18.2 Å². The summed E-state index contributed by atoms with van der Waals surface area (Å²) in [5.41, 5.74) is 11.9. The van der Waals surface area contributed by atoms with Crippen LogP contribution in [0.1, 0.15) is 0 Å². The van der Waals surface area contributed by atoms with Gasteiger partial charge in [-0.05, 0) is 33.7 Å². The Labute approximate surface area is 136 Å². The third kappa shape index (κ3) is 2.47. The molecule has 23 heavy (non-hydrogen) atoms. The van der Waals surface area contributed by atoms with Gasteiger partial charge in [0.1, 0.15) is 0 Å². The molecule has 2 N–H and O–H groups in total. The summed E-state index contributed by atoms with van der Waals surface area (Å²) in [7, 11) is 0. The van der Waals surface area contributed by atoms with Gasteiger partial charge in [0.2, 0.25) is 0 Å². The zero-order valence-corrected chi connectivity index (χ0v) is 12.7. The van der Waals surface area contributed by atoms with Crippen LogP contribution in [-0.4, -0.2) is 0 Å². The zero-order chi connectivity index (χ0) is 15.6. The molecule has 0 aliphatic rings. The maximum absolute atomic E-state index is 6.22. The van der Waals surface area contributed by atoms with E-state index in [1.165, 1.54) is 27.6 Å². The Morgan fingerprint density at radius 1 is 0.478 bits per heavy atom. The maximum atomic E-state index is 6.22. The Morgan fingerprint density at radius 3 is 1.83 bits per heavy atom. The fraction of sp³-hybridized carbons (Fsp3) is 0. The second kappa shape index (κ2) is 5.62. The van der Waals surface area contributed by atoms with E-state index in [-0.39, 0.29) is 0 Å². The third-order valence-corrected chi connectivity index (χ3v) is 4.24. The highest BCUT2D eigenvalue weighted by atomic mass is 14.5. The van der Waals surface area contributed by atoms with Crippen molar-refractivity contribution in [1.29, 1.82) is 0 Å². The molecule has 0 heterocycles. The van der Waals surface area contributed by atoms with Crippen molar-refractivity contribution in [3.05, 3.63) is 91.0 Å². The van der Waals surface area contributed by atoms with Crippen molar-refractivity contribution in [2.24, 2.45) is 0 Å². The summed E-state index contributed by atoms with van der Waals surface area (Å²) in [6.07, 6.45) is 0. The van der Waals surface area contributed by atoms with Crippen LogP contribution in [0.25, 0.3) is 33.0 Å². The lowest BCUT2D eigenvalue weighted by molar-refractivity contribution is 1.60. The number of nitrogens with two attached hydrogens (primary N) is 1. The Balaban J connectivity index is 1.83. The van der Waals surface area contributed by atoms with Gasteiger partial charge in [0, 0.05) is 11.1 Å². The predicted molar refractivity (Wildman–Crippen MR) is 99.2 cm³/mol. The third-order valence-electron chi connectivity index (χ3n) is 4.24. The molecular weight excluding hydrogens is 278 g/mol. The van der Waals surface area contributed by atoms with Gasteiger partial charge in [-0.25, -0.2) is 0 Å². The van der Waals surface area contributed by atoms with E-state index in [9.17, 15) is 0 Å². The predicted octanol–water partition coefficient (Wildman–Crippen LogP) is 5.76. The van der Waals surface area contributed by atoms with Crippen LogP contribution in [0, 0.1) is 0 Å². The van der Waals surface area contributed by atoms with Crippen molar-refractivity contribution in [3.63, 3.8) is 0 Å². The van der Waals surface area contributed by atoms with Gasteiger partial charge in [-0.3, -0.25) is 0 Å². The van der Waals surface area contributed by atoms with E-state index in [0.717, 1.165) is 11.1 Å². The maximum Gasteiger partial charge on any atom is 0.0400 e. The van der Waals surface area contributed by atoms with Crippen LogP contribution in [0.4, 0.5) is 5.69 Å². The van der Waals surface area contributed by atoms with Gasteiger partial charge >= 0.3 is 0 Å². The molecule has 0 amide bonds. The standard InChI is InChI=1S/C22H17N/c23-21-11-5-9-19-8-4-10-20(22(19)21)18-14-12-17(13-15-18)16-6-2-1-3-7-16/h1-15H,23H2. The highest BCUT2D eigenvalue weighted by Gasteiger charge is 2.06. The van der Waals surface area contributed by atoms with E-state index in [2.05, 4.69) is 72.8 Å². The van der Waals surface area contributed by atoms with Gasteiger partial charge in [-0.1, -0.05) is 84.9 Å². The summed E-state index contributed by atoms with van der Waals surface area (Å²) in [4.78, 5) is 0. The largest absolute Gasteiger partial charge is 0.398 e.